The van der Waals surface area contributed by atoms with Gasteiger partial charge < -0.3 is 14.8 Å². The van der Waals surface area contributed by atoms with Gasteiger partial charge in [0.1, 0.15) is 6.33 Å². The van der Waals surface area contributed by atoms with Gasteiger partial charge in [0.2, 0.25) is 5.91 Å². The van der Waals surface area contributed by atoms with Crippen LogP contribution in [0, 0.1) is 0 Å². The van der Waals surface area contributed by atoms with E-state index in [4.69, 9.17) is 21.1 Å². The average molecular weight is 386 g/mol. The fourth-order valence-corrected chi connectivity index (χ4v) is 3.07. The van der Waals surface area contributed by atoms with E-state index in [9.17, 15) is 4.79 Å². The molecule has 1 aromatic heterocycles. The topological polar surface area (TPSA) is 91.2 Å². The number of aromatic nitrogens is 4. The fraction of sp³-hybridized carbons (Fsp3) is 0.222. The monoisotopic (exact) mass is 385 g/mol. The van der Waals surface area contributed by atoms with Gasteiger partial charge in [-0.05, 0) is 46.3 Å². The Morgan fingerprint density at radius 2 is 2.11 bits per heavy atom. The summed E-state index contributed by atoms with van der Waals surface area (Å²) in [6.07, 6.45) is 2.44. The molecule has 2 heterocycles. The Kier molecular flexibility index (Phi) is 4.88. The van der Waals surface area contributed by atoms with Crippen LogP contribution in [0.5, 0.6) is 11.5 Å². The molecule has 9 heteroatoms. The zero-order valence-corrected chi connectivity index (χ0v) is 15.0. The SMILES string of the molecule is O=C(Cc1cc(Cl)c2c(c1)OCCCO2)Nc1cccc(-n2cnnn2)c1. The summed E-state index contributed by atoms with van der Waals surface area (Å²) >= 11 is 6.28. The van der Waals surface area contributed by atoms with Crippen molar-refractivity contribution < 1.29 is 14.3 Å². The van der Waals surface area contributed by atoms with Gasteiger partial charge in [-0.1, -0.05) is 17.7 Å². The quantitative estimate of drug-likeness (QED) is 0.742. The summed E-state index contributed by atoms with van der Waals surface area (Å²) in [6, 6.07) is 10.8. The first-order valence-electron chi connectivity index (χ1n) is 8.40. The van der Waals surface area contributed by atoms with Crippen molar-refractivity contribution in [2.24, 2.45) is 0 Å². The first kappa shape index (κ1) is 17.3. The Morgan fingerprint density at radius 1 is 1.22 bits per heavy atom. The number of benzene rings is 2. The van der Waals surface area contributed by atoms with Gasteiger partial charge in [0.05, 0.1) is 30.3 Å². The Labute approximate surface area is 160 Å². The van der Waals surface area contributed by atoms with Crippen LogP contribution in [-0.2, 0) is 11.2 Å². The summed E-state index contributed by atoms with van der Waals surface area (Å²) in [4.78, 5) is 12.5. The Bertz CT molecular complexity index is 962. The third kappa shape index (κ3) is 4.01. The summed E-state index contributed by atoms with van der Waals surface area (Å²) in [5.74, 6) is 0.936. The predicted molar refractivity (Wildman–Crippen MR) is 98.5 cm³/mol. The van der Waals surface area contributed by atoms with Crippen LogP contribution in [0.2, 0.25) is 5.02 Å². The first-order valence-corrected chi connectivity index (χ1v) is 8.78. The van der Waals surface area contributed by atoms with Crippen LogP contribution in [0.3, 0.4) is 0 Å². The molecule has 0 aliphatic carbocycles. The van der Waals surface area contributed by atoms with E-state index in [2.05, 4.69) is 20.8 Å². The number of anilines is 1. The van der Waals surface area contributed by atoms with Crippen molar-refractivity contribution in [3.8, 4) is 17.2 Å². The van der Waals surface area contributed by atoms with Crippen LogP contribution in [0.4, 0.5) is 5.69 Å². The number of tetrazole rings is 1. The molecule has 0 spiro atoms. The number of nitrogens with zero attached hydrogens (tertiary/aromatic N) is 4. The number of hydrogen-bond acceptors (Lipinski definition) is 6. The second-order valence-corrected chi connectivity index (χ2v) is 6.39. The summed E-state index contributed by atoms with van der Waals surface area (Å²) < 4.78 is 12.8. The highest BCUT2D eigenvalue weighted by Crippen LogP contribution is 2.38. The van der Waals surface area contributed by atoms with E-state index in [1.165, 1.54) is 11.0 Å². The van der Waals surface area contributed by atoms with Crippen LogP contribution >= 0.6 is 11.6 Å². The van der Waals surface area contributed by atoms with E-state index in [0.29, 0.717) is 35.4 Å². The standard InChI is InChI=1S/C18H16ClN5O3/c19-15-7-12(8-16-18(15)27-6-2-5-26-16)9-17(25)21-13-3-1-4-14(10-13)24-11-20-22-23-24/h1,3-4,7-8,10-11H,2,5-6,9H2,(H,21,25). The highest BCUT2D eigenvalue weighted by atomic mass is 35.5. The van der Waals surface area contributed by atoms with Crippen LogP contribution in [0.25, 0.3) is 5.69 Å². The minimum atomic E-state index is -0.172. The van der Waals surface area contributed by atoms with Crippen LogP contribution < -0.4 is 14.8 Å². The fourth-order valence-electron chi connectivity index (χ4n) is 2.78. The molecule has 0 saturated carbocycles. The van der Waals surface area contributed by atoms with Crippen molar-refractivity contribution in [3.63, 3.8) is 0 Å². The molecule has 1 N–H and O–H groups in total. The molecule has 3 aromatic rings. The molecular weight excluding hydrogens is 370 g/mol. The second kappa shape index (κ2) is 7.63. The molecule has 0 radical (unpaired) electrons. The zero-order chi connectivity index (χ0) is 18.6. The summed E-state index contributed by atoms with van der Waals surface area (Å²) in [5.41, 5.74) is 2.14. The van der Waals surface area contributed by atoms with Crippen molar-refractivity contribution in [1.29, 1.82) is 0 Å². The molecule has 4 rings (SSSR count). The predicted octanol–water partition coefficient (Wildman–Crippen LogP) is 2.66. The van der Waals surface area contributed by atoms with E-state index in [0.717, 1.165) is 17.7 Å². The Morgan fingerprint density at radius 3 is 2.96 bits per heavy atom. The number of rotatable bonds is 4. The molecule has 0 unspecified atom stereocenters. The molecule has 27 heavy (non-hydrogen) atoms. The minimum absolute atomic E-state index is 0.158. The van der Waals surface area contributed by atoms with Crippen LogP contribution in [0.1, 0.15) is 12.0 Å². The maximum atomic E-state index is 12.5. The van der Waals surface area contributed by atoms with Crippen molar-refractivity contribution >= 4 is 23.2 Å². The lowest BCUT2D eigenvalue weighted by Gasteiger charge is -2.12. The molecule has 138 valence electrons. The maximum Gasteiger partial charge on any atom is 0.228 e. The molecule has 1 aliphatic rings. The van der Waals surface area contributed by atoms with Crippen molar-refractivity contribution in [1.82, 2.24) is 20.2 Å². The van der Waals surface area contributed by atoms with Gasteiger partial charge in [0, 0.05) is 12.1 Å². The van der Waals surface area contributed by atoms with E-state index in [1.54, 1.807) is 24.3 Å². The molecule has 1 aliphatic heterocycles. The molecule has 1 amide bonds. The molecule has 0 bridgehead atoms. The smallest absolute Gasteiger partial charge is 0.228 e. The Balaban J connectivity index is 1.48. The van der Waals surface area contributed by atoms with Gasteiger partial charge in [-0.25, -0.2) is 4.68 Å². The number of carbonyl (C=O) groups excluding carboxylic acids is 1. The Hall–Kier alpha value is -3.13. The number of hydrogen-bond donors (Lipinski definition) is 1. The molecule has 8 nitrogen and oxygen atoms in total. The second-order valence-electron chi connectivity index (χ2n) is 5.99. The van der Waals surface area contributed by atoms with Crippen molar-refractivity contribution in [3.05, 3.63) is 53.3 Å². The van der Waals surface area contributed by atoms with Gasteiger partial charge >= 0.3 is 0 Å². The largest absolute Gasteiger partial charge is 0.489 e. The highest BCUT2D eigenvalue weighted by Gasteiger charge is 2.17. The van der Waals surface area contributed by atoms with E-state index >= 15 is 0 Å². The van der Waals surface area contributed by atoms with Gasteiger partial charge in [-0.15, -0.1) is 5.10 Å². The van der Waals surface area contributed by atoms with Crippen LogP contribution in [-0.4, -0.2) is 39.3 Å². The summed E-state index contributed by atoms with van der Waals surface area (Å²) in [5, 5.41) is 14.4. The van der Waals surface area contributed by atoms with Gasteiger partial charge in [-0.2, -0.15) is 0 Å². The molecule has 0 saturated heterocycles. The number of carbonyl (C=O) groups is 1. The number of nitrogens with one attached hydrogen (secondary N) is 1. The molecule has 2 aromatic carbocycles. The van der Waals surface area contributed by atoms with E-state index in [1.807, 2.05) is 12.1 Å². The molecular formula is C18H16ClN5O3. The first-order chi connectivity index (χ1) is 13.2. The van der Waals surface area contributed by atoms with Gasteiger partial charge in [0.15, 0.2) is 11.5 Å². The van der Waals surface area contributed by atoms with Gasteiger partial charge in [0.25, 0.3) is 0 Å². The van der Waals surface area contributed by atoms with E-state index in [-0.39, 0.29) is 12.3 Å². The number of fused-ring (bicyclic) bond motifs is 1. The summed E-state index contributed by atoms with van der Waals surface area (Å²) in [6.45, 7) is 1.12. The lowest BCUT2D eigenvalue weighted by Crippen LogP contribution is -2.14. The minimum Gasteiger partial charge on any atom is -0.489 e. The van der Waals surface area contributed by atoms with Crippen LogP contribution in [0.15, 0.2) is 42.7 Å². The number of amides is 1. The number of halogens is 1. The van der Waals surface area contributed by atoms with Crippen molar-refractivity contribution in [2.45, 2.75) is 12.8 Å². The zero-order valence-electron chi connectivity index (χ0n) is 14.3. The highest BCUT2D eigenvalue weighted by molar-refractivity contribution is 6.32. The summed E-state index contributed by atoms with van der Waals surface area (Å²) in [7, 11) is 0. The average Bonchev–Trinajstić information content (AvgIpc) is 3.08. The maximum absolute atomic E-state index is 12.5. The lowest BCUT2D eigenvalue weighted by molar-refractivity contribution is -0.115. The lowest BCUT2D eigenvalue weighted by atomic mass is 10.1. The van der Waals surface area contributed by atoms with Gasteiger partial charge in [-0.3, -0.25) is 4.79 Å². The number of ether oxygens (including phenoxy) is 2. The molecule has 0 atom stereocenters. The molecule has 0 fully saturated rings. The third-order valence-corrected chi connectivity index (χ3v) is 4.25. The van der Waals surface area contributed by atoms with E-state index < -0.39 is 0 Å². The van der Waals surface area contributed by atoms with Crippen molar-refractivity contribution in [2.75, 3.05) is 18.5 Å². The third-order valence-electron chi connectivity index (χ3n) is 3.97. The normalized spacial score (nSPS) is 13.1.